The molecule has 0 N–H and O–H groups in total. The van der Waals surface area contributed by atoms with Crippen molar-refractivity contribution in [1.82, 2.24) is 4.68 Å². The first-order chi connectivity index (χ1) is 14.7. The highest BCUT2D eigenvalue weighted by Crippen LogP contribution is 2.22. The lowest BCUT2D eigenvalue weighted by atomic mass is 10.1. The Labute approximate surface area is 179 Å². The summed E-state index contributed by atoms with van der Waals surface area (Å²) >= 11 is 1.54. The van der Waals surface area contributed by atoms with E-state index in [-0.39, 0.29) is 5.82 Å². The lowest BCUT2D eigenvalue weighted by Gasteiger charge is -2.28. The van der Waals surface area contributed by atoms with E-state index in [1.807, 2.05) is 23.9 Å². The highest BCUT2D eigenvalue weighted by Gasteiger charge is 2.12. The summed E-state index contributed by atoms with van der Waals surface area (Å²) in [6.45, 7) is 8.05. The second-order valence-corrected chi connectivity index (χ2v) is 7.86. The van der Waals surface area contributed by atoms with Gasteiger partial charge in [0, 0.05) is 36.3 Å². The lowest BCUT2D eigenvalue weighted by Crippen LogP contribution is -2.36. The Morgan fingerprint density at radius 3 is 2.43 bits per heavy atom. The van der Waals surface area contributed by atoms with Gasteiger partial charge < -0.3 is 9.64 Å². The molecule has 1 saturated heterocycles. The zero-order chi connectivity index (χ0) is 20.9. The van der Waals surface area contributed by atoms with Gasteiger partial charge in [-0.15, -0.1) is 11.3 Å². The minimum Gasteiger partial charge on any atom is -0.378 e. The molecule has 0 saturated carbocycles. The Balaban J connectivity index is 1.67. The number of ether oxygens (including phenoxy) is 1. The number of thiazole rings is 1. The predicted octanol–water partition coefficient (Wildman–Crippen LogP) is 4.39. The van der Waals surface area contributed by atoms with E-state index < -0.39 is 0 Å². The molecule has 30 heavy (non-hydrogen) atoms. The van der Waals surface area contributed by atoms with Crippen LogP contribution in [0.25, 0.3) is 11.3 Å². The van der Waals surface area contributed by atoms with Gasteiger partial charge in [-0.1, -0.05) is 12.1 Å². The number of hydrogen-bond acceptors (Lipinski definition) is 5. The van der Waals surface area contributed by atoms with Gasteiger partial charge in [-0.2, -0.15) is 5.10 Å². The number of rotatable bonds is 5. The van der Waals surface area contributed by atoms with E-state index in [0.717, 1.165) is 53.6 Å². The van der Waals surface area contributed by atoms with Crippen LogP contribution < -0.4 is 9.70 Å². The normalized spacial score (nSPS) is 15.6. The van der Waals surface area contributed by atoms with Crippen LogP contribution in [0.2, 0.25) is 0 Å². The van der Waals surface area contributed by atoms with Crippen molar-refractivity contribution in [3.05, 3.63) is 70.1 Å². The summed E-state index contributed by atoms with van der Waals surface area (Å²) < 4.78 is 20.7. The van der Waals surface area contributed by atoms with Gasteiger partial charge in [0.25, 0.3) is 0 Å². The van der Waals surface area contributed by atoms with Crippen LogP contribution in [-0.2, 0) is 4.74 Å². The molecule has 156 valence electrons. The minimum atomic E-state index is -0.251. The fraction of sp³-hybridized carbons (Fsp3) is 0.304. The molecule has 0 aliphatic carbocycles. The zero-order valence-electron chi connectivity index (χ0n) is 17.2. The van der Waals surface area contributed by atoms with Crippen molar-refractivity contribution >= 4 is 22.7 Å². The SMILES string of the molecule is CCN=c1scc(-c2ccc(F)cc2)n1N=C(C)c1ccc(N2CCOCC2)cc1. The van der Waals surface area contributed by atoms with Gasteiger partial charge in [-0.3, -0.25) is 4.99 Å². The molecule has 1 aromatic heterocycles. The van der Waals surface area contributed by atoms with E-state index in [9.17, 15) is 4.39 Å². The van der Waals surface area contributed by atoms with E-state index in [1.54, 1.807) is 12.1 Å². The number of benzene rings is 2. The summed E-state index contributed by atoms with van der Waals surface area (Å²) in [5.41, 5.74) is 4.95. The molecule has 0 radical (unpaired) electrons. The molecule has 7 heteroatoms. The summed E-state index contributed by atoms with van der Waals surface area (Å²) in [6, 6.07) is 14.9. The molecular weight excluding hydrogens is 399 g/mol. The topological polar surface area (TPSA) is 42.1 Å². The molecule has 0 bridgehead atoms. The molecule has 4 rings (SSSR count). The molecule has 1 aliphatic heterocycles. The molecule has 0 amide bonds. The van der Waals surface area contributed by atoms with E-state index >= 15 is 0 Å². The molecular formula is C23H25FN4OS. The Hall–Kier alpha value is -2.77. The monoisotopic (exact) mass is 424 g/mol. The Bertz CT molecular complexity index is 1080. The van der Waals surface area contributed by atoms with Gasteiger partial charge in [0.2, 0.25) is 4.80 Å². The van der Waals surface area contributed by atoms with Crippen molar-refractivity contribution in [2.45, 2.75) is 13.8 Å². The molecule has 0 atom stereocenters. The predicted molar refractivity (Wildman–Crippen MR) is 121 cm³/mol. The fourth-order valence-corrected chi connectivity index (χ4v) is 4.30. The van der Waals surface area contributed by atoms with Crippen molar-refractivity contribution in [2.24, 2.45) is 10.1 Å². The molecule has 0 unspecified atom stereocenters. The van der Waals surface area contributed by atoms with Crippen molar-refractivity contribution < 1.29 is 9.13 Å². The first-order valence-corrected chi connectivity index (χ1v) is 11.0. The summed E-state index contributed by atoms with van der Waals surface area (Å²) in [5, 5.41) is 6.89. The average molecular weight is 425 g/mol. The summed E-state index contributed by atoms with van der Waals surface area (Å²) in [7, 11) is 0. The van der Waals surface area contributed by atoms with Crippen LogP contribution >= 0.6 is 11.3 Å². The third-order valence-corrected chi connectivity index (χ3v) is 5.88. The quantitative estimate of drug-likeness (QED) is 0.570. The first kappa shape index (κ1) is 20.5. The van der Waals surface area contributed by atoms with Crippen LogP contribution in [0.15, 0.2) is 64.0 Å². The Morgan fingerprint density at radius 2 is 1.77 bits per heavy atom. The average Bonchev–Trinajstić information content (AvgIpc) is 3.17. The second kappa shape index (κ2) is 9.36. The molecule has 2 aromatic carbocycles. The third kappa shape index (κ3) is 4.52. The Morgan fingerprint density at radius 1 is 1.07 bits per heavy atom. The molecule has 3 aromatic rings. The van der Waals surface area contributed by atoms with Gasteiger partial charge in [-0.25, -0.2) is 9.07 Å². The van der Waals surface area contributed by atoms with Crippen LogP contribution in [0, 0.1) is 5.82 Å². The van der Waals surface area contributed by atoms with Crippen molar-refractivity contribution in [3.8, 4) is 11.3 Å². The van der Waals surface area contributed by atoms with Crippen LogP contribution in [0.1, 0.15) is 19.4 Å². The summed E-state index contributed by atoms with van der Waals surface area (Å²) in [6.07, 6.45) is 0. The number of aromatic nitrogens is 1. The zero-order valence-corrected chi connectivity index (χ0v) is 18.0. The largest absolute Gasteiger partial charge is 0.378 e. The van der Waals surface area contributed by atoms with Crippen LogP contribution in [0.5, 0.6) is 0 Å². The molecule has 1 fully saturated rings. The van der Waals surface area contributed by atoms with Crippen molar-refractivity contribution in [3.63, 3.8) is 0 Å². The number of halogens is 1. The van der Waals surface area contributed by atoms with Crippen LogP contribution in [-0.4, -0.2) is 43.2 Å². The van der Waals surface area contributed by atoms with Gasteiger partial charge in [-0.05, 0) is 55.8 Å². The molecule has 0 spiro atoms. The van der Waals surface area contributed by atoms with E-state index in [0.29, 0.717) is 6.54 Å². The first-order valence-electron chi connectivity index (χ1n) is 10.1. The molecule has 5 nitrogen and oxygen atoms in total. The number of hydrogen-bond donors (Lipinski definition) is 0. The van der Waals surface area contributed by atoms with Gasteiger partial charge in [0.05, 0.1) is 24.6 Å². The van der Waals surface area contributed by atoms with E-state index in [2.05, 4.69) is 34.2 Å². The number of anilines is 1. The van der Waals surface area contributed by atoms with Crippen LogP contribution in [0.3, 0.4) is 0 Å². The molecule has 2 heterocycles. The lowest BCUT2D eigenvalue weighted by molar-refractivity contribution is 0.122. The van der Waals surface area contributed by atoms with E-state index in [4.69, 9.17) is 9.84 Å². The number of nitrogens with zero attached hydrogens (tertiary/aromatic N) is 4. The maximum absolute atomic E-state index is 13.4. The summed E-state index contributed by atoms with van der Waals surface area (Å²) in [5.74, 6) is -0.251. The third-order valence-electron chi connectivity index (χ3n) is 5.03. The molecule has 1 aliphatic rings. The highest BCUT2D eigenvalue weighted by molar-refractivity contribution is 7.07. The second-order valence-electron chi connectivity index (χ2n) is 7.03. The van der Waals surface area contributed by atoms with Gasteiger partial charge >= 0.3 is 0 Å². The maximum atomic E-state index is 13.4. The maximum Gasteiger partial charge on any atom is 0.206 e. The van der Waals surface area contributed by atoms with Gasteiger partial charge in [0.15, 0.2) is 0 Å². The van der Waals surface area contributed by atoms with Crippen molar-refractivity contribution in [1.29, 1.82) is 0 Å². The van der Waals surface area contributed by atoms with Gasteiger partial charge in [0.1, 0.15) is 5.82 Å². The summed E-state index contributed by atoms with van der Waals surface area (Å²) in [4.78, 5) is 7.73. The van der Waals surface area contributed by atoms with Crippen molar-refractivity contribution in [2.75, 3.05) is 37.7 Å². The minimum absolute atomic E-state index is 0.251. The fourth-order valence-electron chi connectivity index (χ4n) is 3.40. The van der Waals surface area contributed by atoms with E-state index in [1.165, 1.54) is 29.2 Å². The highest BCUT2D eigenvalue weighted by atomic mass is 32.1. The number of morpholine rings is 1. The Kier molecular flexibility index (Phi) is 6.40. The smallest absolute Gasteiger partial charge is 0.206 e. The standard InChI is InChI=1S/C23H25FN4OS/c1-3-25-23-28(22(16-30-23)19-4-8-20(24)9-5-19)26-17(2)18-6-10-21(11-7-18)27-12-14-29-15-13-27/h4-11,16H,3,12-15H2,1-2H3. The van der Waals surface area contributed by atoms with Crippen LogP contribution in [0.4, 0.5) is 10.1 Å².